The molecule has 0 spiro atoms. The fraction of sp³-hybridized carbons (Fsp3) is 0.250. The second-order valence-electron chi connectivity index (χ2n) is 5.22. The Hall–Kier alpha value is -1.87. The first kappa shape index (κ1) is 12.2. The third-order valence-electron chi connectivity index (χ3n) is 3.55. The maximum absolute atomic E-state index is 13.9. The predicted molar refractivity (Wildman–Crippen MR) is 74.4 cm³/mol. The molecule has 2 nitrogen and oxygen atoms in total. The number of benzene rings is 2. The topological polar surface area (TPSA) is 21.3 Å². The van der Waals surface area contributed by atoms with Crippen LogP contribution in [0.1, 0.15) is 19.4 Å². The molecule has 0 saturated carbocycles. The largest absolute Gasteiger partial charge is 0.362 e. The van der Waals surface area contributed by atoms with Crippen molar-refractivity contribution in [2.45, 2.75) is 19.4 Å². The van der Waals surface area contributed by atoms with Crippen molar-refractivity contribution in [1.29, 1.82) is 0 Å². The molecule has 1 aliphatic rings. The van der Waals surface area contributed by atoms with Gasteiger partial charge in [-0.25, -0.2) is 4.39 Å². The highest BCUT2D eigenvalue weighted by Gasteiger charge is 2.28. The number of nitrogens with one attached hydrogen (secondary N) is 1. The Morgan fingerprint density at radius 1 is 1.16 bits per heavy atom. The Bertz CT molecular complexity index is 622. The molecule has 2 aromatic carbocycles. The zero-order valence-electron chi connectivity index (χ0n) is 11.0. The van der Waals surface area contributed by atoms with E-state index in [1.165, 1.54) is 6.07 Å². The van der Waals surface area contributed by atoms with Gasteiger partial charge in [0.1, 0.15) is 12.5 Å². The molecule has 0 saturated heterocycles. The molecule has 0 unspecified atom stereocenters. The molecule has 0 aromatic heterocycles. The van der Waals surface area contributed by atoms with E-state index in [1.54, 1.807) is 12.1 Å². The van der Waals surface area contributed by atoms with Gasteiger partial charge in [-0.15, -0.1) is 0 Å². The number of halogens is 1. The van der Waals surface area contributed by atoms with Crippen molar-refractivity contribution < 1.29 is 9.13 Å². The number of hydrogen-bond donors (Lipinski definition) is 1. The van der Waals surface area contributed by atoms with Crippen LogP contribution in [0.2, 0.25) is 0 Å². The van der Waals surface area contributed by atoms with Crippen molar-refractivity contribution in [3.8, 4) is 11.1 Å². The molecule has 0 radical (unpaired) electrons. The van der Waals surface area contributed by atoms with Gasteiger partial charge in [0.25, 0.3) is 0 Å². The van der Waals surface area contributed by atoms with Gasteiger partial charge >= 0.3 is 0 Å². The van der Waals surface area contributed by atoms with Crippen LogP contribution in [0, 0.1) is 5.82 Å². The molecule has 19 heavy (non-hydrogen) atoms. The summed E-state index contributed by atoms with van der Waals surface area (Å²) in [6.45, 7) is 4.55. The summed E-state index contributed by atoms with van der Waals surface area (Å²) >= 11 is 0. The molecular weight excluding hydrogens is 241 g/mol. The van der Waals surface area contributed by atoms with Crippen LogP contribution in [0.15, 0.2) is 42.5 Å². The minimum Gasteiger partial charge on any atom is -0.362 e. The van der Waals surface area contributed by atoms with Crippen molar-refractivity contribution in [2.24, 2.45) is 0 Å². The van der Waals surface area contributed by atoms with E-state index in [1.807, 2.05) is 38.1 Å². The van der Waals surface area contributed by atoms with Crippen molar-refractivity contribution in [1.82, 2.24) is 0 Å². The van der Waals surface area contributed by atoms with Crippen LogP contribution >= 0.6 is 0 Å². The van der Waals surface area contributed by atoms with Crippen molar-refractivity contribution in [3.63, 3.8) is 0 Å². The number of hydrogen-bond acceptors (Lipinski definition) is 2. The molecule has 0 fully saturated rings. The quantitative estimate of drug-likeness (QED) is 0.829. The third kappa shape index (κ3) is 2.10. The maximum Gasteiger partial charge on any atom is 0.131 e. The SMILES string of the molecule is CC1(C)OCNc2ccc(-c3ccccc3F)cc21. The van der Waals surface area contributed by atoms with E-state index in [9.17, 15) is 4.39 Å². The maximum atomic E-state index is 13.9. The molecule has 0 atom stereocenters. The van der Waals surface area contributed by atoms with Gasteiger partial charge in [0.05, 0.1) is 5.60 Å². The van der Waals surface area contributed by atoms with E-state index in [0.717, 1.165) is 16.8 Å². The fourth-order valence-electron chi connectivity index (χ4n) is 2.43. The van der Waals surface area contributed by atoms with Gasteiger partial charge in [-0.05, 0) is 37.6 Å². The lowest BCUT2D eigenvalue weighted by Gasteiger charge is -2.33. The van der Waals surface area contributed by atoms with Crippen LogP contribution in [0.5, 0.6) is 0 Å². The molecule has 1 aliphatic heterocycles. The first-order valence-corrected chi connectivity index (χ1v) is 6.35. The van der Waals surface area contributed by atoms with Crippen LogP contribution < -0.4 is 5.32 Å². The first-order chi connectivity index (χ1) is 9.08. The van der Waals surface area contributed by atoms with Gasteiger partial charge in [0, 0.05) is 16.8 Å². The Balaban J connectivity index is 2.14. The minimum atomic E-state index is -0.359. The average molecular weight is 257 g/mol. The monoisotopic (exact) mass is 257 g/mol. The molecule has 98 valence electrons. The molecule has 3 rings (SSSR count). The normalized spacial score (nSPS) is 16.6. The van der Waals surface area contributed by atoms with Crippen LogP contribution in [0.25, 0.3) is 11.1 Å². The second-order valence-corrected chi connectivity index (χ2v) is 5.22. The van der Waals surface area contributed by atoms with Gasteiger partial charge in [0.15, 0.2) is 0 Å². The molecule has 1 heterocycles. The number of ether oxygens (including phenoxy) is 1. The van der Waals surface area contributed by atoms with Crippen molar-refractivity contribution in [3.05, 3.63) is 53.8 Å². The van der Waals surface area contributed by atoms with Gasteiger partial charge in [-0.3, -0.25) is 0 Å². The second kappa shape index (κ2) is 4.35. The Kier molecular flexibility index (Phi) is 2.79. The van der Waals surface area contributed by atoms with Gasteiger partial charge in [-0.1, -0.05) is 24.3 Å². The van der Waals surface area contributed by atoms with Crippen LogP contribution in [-0.4, -0.2) is 6.73 Å². The highest BCUT2D eigenvalue weighted by molar-refractivity contribution is 5.70. The van der Waals surface area contributed by atoms with Crippen molar-refractivity contribution >= 4 is 5.69 Å². The molecule has 0 bridgehead atoms. The minimum absolute atomic E-state index is 0.204. The highest BCUT2D eigenvalue weighted by Crippen LogP contribution is 2.37. The lowest BCUT2D eigenvalue weighted by molar-refractivity contribution is -0.0178. The lowest BCUT2D eigenvalue weighted by Crippen LogP contribution is -2.31. The number of anilines is 1. The molecule has 0 amide bonds. The summed E-state index contributed by atoms with van der Waals surface area (Å²) in [4.78, 5) is 0. The predicted octanol–water partition coefficient (Wildman–Crippen LogP) is 4.13. The summed E-state index contributed by atoms with van der Waals surface area (Å²) in [5, 5.41) is 3.20. The van der Waals surface area contributed by atoms with Crippen LogP contribution in [0.4, 0.5) is 10.1 Å². The average Bonchev–Trinajstić information content (AvgIpc) is 2.39. The van der Waals surface area contributed by atoms with Gasteiger partial charge in [-0.2, -0.15) is 0 Å². The zero-order valence-corrected chi connectivity index (χ0v) is 11.0. The lowest BCUT2D eigenvalue weighted by atomic mass is 9.91. The summed E-state index contributed by atoms with van der Waals surface area (Å²) in [5.74, 6) is -0.204. The highest BCUT2D eigenvalue weighted by atomic mass is 19.1. The van der Waals surface area contributed by atoms with E-state index in [0.29, 0.717) is 12.3 Å². The number of fused-ring (bicyclic) bond motifs is 1. The summed E-state index contributed by atoms with van der Waals surface area (Å²) in [6.07, 6.45) is 0. The Labute approximate surface area is 112 Å². The standard InChI is InChI=1S/C16H16FNO/c1-16(2)13-9-11(7-8-15(13)18-10-19-16)12-5-3-4-6-14(12)17/h3-9,18H,10H2,1-2H3. The van der Waals surface area contributed by atoms with E-state index in [-0.39, 0.29) is 11.4 Å². The van der Waals surface area contributed by atoms with E-state index >= 15 is 0 Å². The first-order valence-electron chi connectivity index (χ1n) is 6.35. The van der Waals surface area contributed by atoms with Crippen LogP contribution in [-0.2, 0) is 10.3 Å². The summed E-state index contributed by atoms with van der Waals surface area (Å²) in [6, 6.07) is 12.7. The number of rotatable bonds is 1. The molecule has 3 heteroatoms. The summed E-state index contributed by atoms with van der Waals surface area (Å²) in [5.41, 5.74) is 3.24. The molecular formula is C16H16FNO. The molecule has 1 N–H and O–H groups in total. The van der Waals surface area contributed by atoms with E-state index < -0.39 is 0 Å². The Morgan fingerprint density at radius 3 is 2.74 bits per heavy atom. The molecule has 2 aromatic rings. The smallest absolute Gasteiger partial charge is 0.131 e. The van der Waals surface area contributed by atoms with Gasteiger partial charge < -0.3 is 10.1 Å². The van der Waals surface area contributed by atoms with Crippen LogP contribution in [0.3, 0.4) is 0 Å². The van der Waals surface area contributed by atoms with Gasteiger partial charge in [0.2, 0.25) is 0 Å². The van der Waals surface area contributed by atoms with E-state index in [2.05, 4.69) is 5.32 Å². The fourth-order valence-corrected chi connectivity index (χ4v) is 2.43. The molecule has 0 aliphatic carbocycles. The third-order valence-corrected chi connectivity index (χ3v) is 3.55. The zero-order chi connectivity index (χ0) is 13.5. The van der Waals surface area contributed by atoms with Crippen molar-refractivity contribution in [2.75, 3.05) is 12.0 Å². The summed E-state index contributed by atoms with van der Waals surface area (Å²) in [7, 11) is 0. The Morgan fingerprint density at radius 2 is 1.95 bits per heavy atom. The summed E-state index contributed by atoms with van der Waals surface area (Å²) < 4.78 is 19.6. The van der Waals surface area contributed by atoms with E-state index in [4.69, 9.17) is 4.74 Å².